The molecule has 2 aliphatic carbocycles. The lowest BCUT2D eigenvalue weighted by Gasteiger charge is -2.20. The lowest BCUT2D eigenvalue weighted by molar-refractivity contribution is 0.415. The quantitative estimate of drug-likeness (QED) is 0.753. The molecule has 2 aromatic rings. The van der Waals surface area contributed by atoms with Crippen molar-refractivity contribution in [3.8, 4) is 16.9 Å². The van der Waals surface area contributed by atoms with E-state index in [-0.39, 0.29) is 0 Å². The van der Waals surface area contributed by atoms with E-state index in [1.807, 2.05) is 0 Å². The van der Waals surface area contributed by atoms with Crippen LogP contribution in [0.2, 0.25) is 0 Å². The zero-order valence-electron chi connectivity index (χ0n) is 13.7. The first-order valence-corrected chi connectivity index (χ1v) is 8.59. The highest BCUT2D eigenvalue weighted by atomic mass is 16.5. The number of hydrogen-bond donors (Lipinski definition) is 0. The molecule has 0 fully saturated rings. The Kier molecular flexibility index (Phi) is 3.44. The predicted molar refractivity (Wildman–Crippen MR) is 91.8 cm³/mol. The molecule has 22 heavy (non-hydrogen) atoms. The van der Waals surface area contributed by atoms with Crippen LogP contribution in [0.4, 0.5) is 0 Å². The molecular formula is C21H24O. The predicted octanol–water partition coefficient (Wildman–Crippen LogP) is 5.04. The number of benzene rings is 2. The van der Waals surface area contributed by atoms with E-state index in [0.29, 0.717) is 0 Å². The van der Waals surface area contributed by atoms with Gasteiger partial charge in [0.1, 0.15) is 5.75 Å². The molecule has 0 heterocycles. The van der Waals surface area contributed by atoms with Gasteiger partial charge in [-0.3, -0.25) is 0 Å². The highest BCUT2D eigenvalue weighted by Gasteiger charge is 2.19. The number of rotatable bonds is 2. The summed E-state index contributed by atoms with van der Waals surface area (Å²) in [4.78, 5) is 0. The highest BCUT2D eigenvalue weighted by molar-refractivity contribution is 5.76. The van der Waals surface area contributed by atoms with Gasteiger partial charge in [0, 0.05) is 5.56 Å². The Labute approximate surface area is 133 Å². The summed E-state index contributed by atoms with van der Waals surface area (Å²) >= 11 is 0. The van der Waals surface area contributed by atoms with Crippen LogP contribution in [-0.2, 0) is 25.7 Å². The molecule has 4 rings (SSSR count). The maximum atomic E-state index is 5.74. The molecule has 0 bridgehead atoms. The van der Waals surface area contributed by atoms with Crippen LogP contribution in [-0.4, -0.2) is 7.11 Å². The molecule has 0 unspecified atom stereocenters. The van der Waals surface area contributed by atoms with E-state index < -0.39 is 0 Å². The van der Waals surface area contributed by atoms with Gasteiger partial charge >= 0.3 is 0 Å². The van der Waals surface area contributed by atoms with E-state index >= 15 is 0 Å². The molecule has 0 saturated carbocycles. The topological polar surface area (TPSA) is 9.23 Å². The molecule has 0 spiro atoms. The summed E-state index contributed by atoms with van der Waals surface area (Å²) in [6.07, 6.45) is 8.84. The van der Waals surface area contributed by atoms with Crippen LogP contribution in [0.3, 0.4) is 0 Å². The Bertz CT molecular complexity index is 727. The molecule has 0 N–H and O–H groups in total. The Morgan fingerprint density at radius 2 is 1.23 bits per heavy atom. The number of fused-ring (bicyclic) bond motifs is 2. The minimum absolute atomic E-state index is 1.04. The summed E-state index contributed by atoms with van der Waals surface area (Å²) in [5.74, 6) is 1.04. The first-order chi connectivity index (χ1) is 10.8. The average Bonchev–Trinajstić information content (AvgIpc) is 3.00. The van der Waals surface area contributed by atoms with Crippen LogP contribution in [0, 0.1) is 6.92 Å². The Balaban J connectivity index is 1.88. The monoisotopic (exact) mass is 292 g/mol. The fourth-order valence-electron chi connectivity index (χ4n) is 4.18. The molecule has 1 nitrogen and oxygen atoms in total. The van der Waals surface area contributed by atoms with Gasteiger partial charge in [-0.15, -0.1) is 0 Å². The second-order valence-electron chi connectivity index (χ2n) is 6.82. The number of aryl methyl sites for hydroxylation is 5. The van der Waals surface area contributed by atoms with Crippen molar-refractivity contribution in [3.05, 3.63) is 52.1 Å². The first-order valence-electron chi connectivity index (χ1n) is 8.59. The van der Waals surface area contributed by atoms with Crippen LogP contribution in [0.25, 0.3) is 11.1 Å². The molecule has 114 valence electrons. The summed E-state index contributed by atoms with van der Waals surface area (Å²) < 4.78 is 5.74. The zero-order chi connectivity index (χ0) is 15.1. The van der Waals surface area contributed by atoms with E-state index in [0.717, 1.165) is 5.75 Å². The van der Waals surface area contributed by atoms with E-state index in [9.17, 15) is 0 Å². The standard InChI is InChI=1S/C21H24O/c1-14-10-15-8-5-9-17(15)11-19(14)20-12-16-6-3-4-7-18(16)13-21(20)22-2/h10-13H,3-9H2,1-2H3. The summed E-state index contributed by atoms with van der Waals surface area (Å²) in [6, 6.07) is 9.51. The molecule has 2 aromatic carbocycles. The molecule has 0 saturated heterocycles. The Hall–Kier alpha value is -1.76. The number of ether oxygens (including phenoxy) is 1. The Morgan fingerprint density at radius 1 is 0.682 bits per heavy atom. The Morgan fingerprint density at radius 3 is 1.91 bits per heavy atom. The van der Waals surface area contributed by atoms with Gasteiger partial charge in [0.2, 0.25) is 0 Å². The molecule has 0 atom stereocenters. The second kappa shape index (κ2) is 5.46. The lowest BCUT2D eigenvalue weighted by Crippen LogP contribution is -2.04. The van der Waals surface area contributed by atoms with Crippen molar-refractivity contribution in [2.24, 2.45) is 0 Å². The van der Waals surface area contributed by atoms with E-state index in [4.69, 9.17) is 4.74 Å². The van der Waals surface area contributed by atoms with Crippen LogP contribution in [0.5, 0.6) is 5.75 Å². The highest BCUT2D eigenvalue weighted by Crippen LogP contribution is 2.39. The summed E-state index contributed by atoms with van der Waals surface area (Å²) in [5.41, 5.74) is 10.2. The molecular weight excluding hydrogens is 268 g/mol. The third-order valence-electron chi connectivity index (χ3n) is 5.39. The van der Waals surface area contributed by atoms with Gasteiger partial charge in [-0.2, -0.15) is 0 Å². The zero-order valence-corrected chi connectivity index (χ0v) is 13.7. The fraction of sp³-hybridized carbons (Fsp3) is 0.429. The molecule has 0 radical (unpaired) electrons. The SMILES string of the molecule is COc1cc2c(cc1-c1cc3c(cc1C)CCC3)CCCC2. The van der Waals surface area contributed by atoms with Crippen molar-refractivity contribution in [1.82, 2.24) is 0 Å². The molecule has 0 aromatic heterocycles. The van der Waals surface area contributed by atoms with Crippen molar-refractivity contribution in [3.63, 3.8) is 0 Å². The summed E-state index contributed by atoms with van der Waals surface area (Å²) in [5, 5.41) is 0. The molecule has 0 amide bonds. The van der Waals surface area contributed by atoms with Crippen molar-refractivity contribution < 1.29 is 4.74 Å². The minimum Gasteiger partial charge on any atom is -0.496 e. The lowest BCUT2D eigenvalue weighted by atomic mass is 9.87. The van der Waals surface area contributed by atoms with Gasteiger partial charge in [-0.25, -0.2) is 0 Å². The molecule has 1 heteroatoms. The number of methoxy groups -OCH3 is 1. The van der Waals surface area contributed by atoms with Crippen molar-refractivity contribution in [2.75, 3.05) is 7.11 Å². The van der Waals surface area contributed by atoms with Crippen molar-refractivity contribution >= 4 is 0 Å². The van der Waals surface area contributed by atoms with Crippen molar-refractivity contribution in [2.45, 2.75) is 51.9 Å². The normalized spacial score (nSPS) is 16.3. The van der Waals surface area contributed by atoms with Gasteiger partial charge in [0.25, 0.3) is 0 Å². The van der Waals surface area contributed by atoms with Gasteiger partial charge in [0.15, 0.2) is 0 Å². The molecule has 2 aliphatic rings. The largest absolute Gasteiger partial charge is 0.496 e. The van der Waals surface area contributed by atoms with Crippen LogP contribution in [0.15, 0.2) is 24.3 Å². The van der Waals surface area contributed by atoms with Crippen LogP contribution >= 0.6 is 0 Å². The van der Waals surface area contributed by atoms with Gasteiger partial charge < -0.3 is 4.74 Å². The van der Waals surface area contributed by atoms with E-state index in [1.54, 1.807) is 18.2 Å². The first kappa shape index (κ1) is 13.9. The minimum atomic E-state index is 1.04. The third-order valence-corrected chi connectivity index (χ3v) is 5.39. The van der Waals surface area contributed by atoms with Crippen LogP contribution < -0.4 is 4.74 Å². The smallest absolute Gasteiger partial charge is 0.126 e. The average molecular weight is 292 g/mol. The van der Waals surface area contributed by atoms with Crippen LogP contribution in [0.1, 0.15) is 47.1 Å². The van der Waals surface area contributed by atoms with Gasteiger partial charge in [-0.05, 0) is 97.4 Å². The maximum Gasteiger partial charge on any atom is 0.126 e. The number of hydrogen-bond acceptors (Lipinski definition) is 1. The molecule has 0 aliphatic heterocycles. The van der Waals surface area contributed by atoms with Gasteiger partial charge in [-0.1, -0.05) is 12.1 Å². The third kappa shape index (κ3) is 2.24. The maximum absolute atomic E-state index is 5.74. The van der Waals surface area contributed by atoms with E-state index in [1.165, 1.54) is 72.8 Å². The summed E-state index contributed by atoms with van der Waals surface area (Å²) in [7, 11) is 1.80. The second-order valence-corrected chi connectivity index (χ2v) is 6.82. The van der Waals surface area contributed by atoms with Crippen molar-refractivity contribution in [1.29, 1.82) is 0 Å². The van der Waals surface area contributed by atoms with E-state index in [2.05, 4.69) is 31.2 Å². The van der Waals surface area contributed by atoms with Gasteiger partial charge in [0.05, 0.1) is 7.11 Å². The summed E-state index contributed by atoms with van der Waals surface area (Å²) in [6.45, 7) is 2.24. The fourth-order valence-corrected chi connectivity index (χ4v) is 4.18.